The van der Waals surface area contributed by atoms with Crippen LogP contribution in [0.5, 0.6) is 0 Å². The van der Waals surface area contributed by atoms with Crippen LogP contribution in [-0.4, -0.2) is 45.0 Å². The molecule has 2 aromatic rings. The lowest BCUT2D eigenvalue weighted by Gasteiger charge is -2.25. The van der Waals surface area contributed by atoms with Gasteiger partial charge < -0.3 is 15.7 Å². The van der Waals surface area contributed by atoms with Crippen LogP contribution in [0.3, 0.4) is 0 Å². The first kappa shape index (κ1) is 22.6. The molecule has 0 amide bonds. The van der Waals surface area contributed by atoms with Crippen molar-refractivity contribution in [2.45, 2.75) is 58.7 Å². The van der Waals surface area contributed by atoms with E-state index in [4.69, 9.17) is 0 Å². The number of fused-ring (bicyclic) bond motifs is 1. The predicted molar refractivity (Wildman–Crippen MR) is 122 cm³/mol. The number of aromatic nitrogens is 3. The maximum atomic E-state index is 10.4. The number of guanidine groups is 1. The van der Waals surface area contributed by atoms with Crippen molar-refractivity contribution in [1.82, 2.24) is 25.4 Å². The van der Waals surface area contributed by atoms with Gasteiger partial charge in [0, 0.05) is 25.4 Å². The lowest BCUT2D eigenvalue weighted by atomic mass is 10.1. The number of hydrogen-bond donors (Lipinski definition) is 3. The van der Waals surface area contributed by atoms with E-state index in [-0.39, 0.29) is 30.0 Å². The number of aryl methyl sites for hydroxylation is 3. The molecule has 1 aliphatic heterocycles. The molecular formula is C20H31IN6O. The second-order valence-electron chi connectivity index (χ2n) is 7.01. The average Bonchev–Trinajstić information content (AvgIpc) is 3.09. The lowest BCUT2D eigenvalue weighted by Crippen LogP contribution is -2.47. The predicted octanol–water partition coefficient (Wildman–Crippen LogP) is 2.37. The van der Waals surface area contributed by atoms with Crippen molar-refractivity contribution < 1.29 is 5.11 Å². The van der Waals surface area contributed by atoms with Gasteiger partial charge in [0.25, 0.3) is 0 Å². The molecule has 2 heterocycles. The zero-order chi connectivity index (χ0) is 19.2. The third-order valence-corrected chi connectivity index (χ3v) is 4.79. The number of hydrogen-bond acceptors (Lipinski definition) is 4. The van der Waals surface area contributed by atoms with Gasteiger partial charge in [-0.25, -0.2) is 9.67 Å². The van der Waals surface area contributed by atoms with E-state index in [1.165, 1.54) is 5.56 Å². The molecule has 2 unspecified atom stereocenters. The minimum atomic E-state index is -0.610. The molecule has 0 bridgehead atoms. The summed E-state index contributed by atoms with van der Waals surface area (Å²) in [6, 6.07) is 8.17. The van der Waals surface area contributed by atoms with Gasteiger partial charge in [0.1, 0.15) is 5.82 Å². The molecular weight excluding hydrogens is 467 g/mol. The summed E-state index contributed by atoms with van der Waals surface area (Å²) in [5.74, 6) is 2.71. The minimum Gasteiger partial charge on any atom is -0.386 e. The highest BCUT2D eigenvalue weighted by Gasteiger charge is 2.22. The van der Waals surface area contributed by atoms with Crippen LogP contribution in [0.25, 0.3) is 0 Å². The van der Waals surface area contributed by atoms with E-state index in [0.29, 0.717) is 6.54 Å². The van der Waals surface area contributed by atoms with E-state index in [2.05, 4.69) is 32.6 Å². The molecule has 7 nitrogen and oxygen atoms in total. The van der Waals surface area contributed by atoms with Gasteiger partial charge in [-0.3, -0.25) is 4.99 Å². The van der Waals surface area contributed by atoms with Gasteiger partial charge >= 0.3 is 0 Å². The van der Waals surface area contributed by atoms with Crippen molar-refractivity contribution in [3.8, 4) is 0 Å². The summed E-state index contributed by atoms with van der Waals surface area (Å²) in [5, 5.41) is 21.7. The largest absolute Gasteiger partial charge is 0.386 e. The number of aliphatic hydroxyl groups is 1. The van der Waals surface area contributed by atoms with Gasteiger partial charge in [-0.05, 0) is 25.8 Å². The lowest BCUT2D eigenvalue weighted by molar-refractivity contribution is 0.187. The Labute approximate surface area is 184 Å². The van der Waals surface area contributed by atoms with E-state index in [0.717, 1.165) is 55.5 Å². The monoisotopic (exact) mass is 498 g/mol. The summed E-state index contributed by atoms with van der Waals surface area (Å²) in [6.07, 6.45) is 2.16. The number of nitrogens with zero attached hydrogens (tertiary/aromatic N) is 4. The minimum absolute atomic E-state index is 0. The highest BCUT2D eigenvalue weighted by atomic mass is 127. The summed E-state index contributed by atoms with van der Waals surface area (Å²) in [7, 11) is 0. The topological polar surface area (TPSA) is 87.4 Å². The second-order valence-corrected chi connectivity index (χ2v) is 7.01. The Morgan fingerprint density at radius 3 is 2.75 bits per heavy atom. The van der Waals surface area contributed by atoms with Crippen LogP contribution in [0.4, 0.5) is 0 Å². The van der Waals surface area contributed by atoms with Crippen LogP contribution in [0.15, 0.2) is 29.3 Å². The molecule has 1 aliphatic rings. The smallest absolute Gasteiger partial charge is 0.191 e. The zero-order valence-electron chi connectivity index (χ0n) is 16.9. The zero-order valence-corrected chi connectivity index (χ0v) is 19.2. The van der Waals surface area contributed by atoms with Crippen LogP contribution in [0.1, 0.15) is 49.1 Å². The first-order valence-electron chi connectivity index (χ1n) is 9.81. The van der Waals surface area contributed by atoms with Gasteiger partial charge in [-0.15, -0.1) is 24.0 Å². The van der Waals surface area contributed by atoms with Crippen molar-refractivity contribution in [2.75, 3.05) is 13.1 Å². The quantitative estimate of drug-likeness (QED) is 0.324. The molecule has 3 N–H and O–H groups in total. The van der Waals surface area contributed by atoms with Gasteiger partial charge in [0.2, 0.25) is 0 Å². The molecule has 1 aromatic heterocycles. The van der Waals surface area contributed by atoms with Crippen molar-refractivity contribution in [3.05, 3.63) is 47.0 Å². The molecule has 3 rings (SSSR count). The Kier molecular flexibility index (Phi) is 8.68. The van der Waals surface area contributed by atoms with Crippen LogP contribution < -0.4 is 10.6 Å². The number of benzene rings is 1. The summed E-state index contributed by atoms with van der Waals surface area (Å²) in [4.78, 5) is 9.15. The van der Waals surface area contributed by atoms with E-state index >= 15 is 0 Å². The van der Waals surface area contributed by atoms with Crippen LogP contribution in [-0.2, 0) is 19.4 Å². The molecule has 0 aliphatic carbocycles. The van der Waals surface area contributed by atoms with Crippen LogP contribution in [0.2, 0.25) is 0 Å². The Bertz CT molecular complexity index is 774. The van der Waals surface area contributed by atoms with Crippen molar-refractivity contribution in [2.24, 2.45) is 4.99 Å². The third-order valence-electron chi connectivity index (χ3n) is 4.79. The fraction of sp³-hybridized carbons (Fsp3) is 0.550. The molecule has 28 heavy (non-hydrogen) atoms. The second kappa shape index (κ2) is 10.8. The normalized spacial score (nSPS) is 17.4. The SMILES string of the molecule is CCNC(=NCC(O)c1ccc(C)cc1)NC1CCc2nc(CC)nn2C1.I. The first-order valence-corrected chi connectivity index (χ1v) is 9.81. The summed E-state index contributed by atoms with van der Waals surface area (Å²) >= 11 is 0. The molecule has 8 heteroatoms. The van der Waals surface area contributed by atoms with Crippen LogP contribution in [0, 0.1) is 6.92 Å². The van der Waals surface area contributed by atoms with E-state index in [1.54, 1.807) is 0 Å². The number of halogens is 1. The third kappa shape index (κ3) is 5.91. The average molecular weight is 498 g/mol. The molecule has 0 saturated carbocycles. The number of rotatable bonds is 6. The van der Waals surface area contributed by atoms with Crippen molar-refractivity contribution >= 4 is 29.9 Å². The molecule has 1 aromatic carbocycles. The highest BCUT2D eigenvalue weighted by molar-refractivity contribution is 14.0. The first-order chi connectivity index (χ1) is 13.1. The molecule has 0 saturated heterocycles. The highest BCUT2D eigenvalue weighted by Crippen LogP contribution is 2.15. The molecule has 154 valence electrons. The summed E-state index contributed by atoms with van der Waals surface area (Å²) in [6.45, 7) is 8.03. The molecule has 0 radical (unpaired) electrons. The van der Waals surface area contributed by atoms with Crippen molar-refractivity contribution in [1.29, 1.82) is 0 Å². The number of nitrogens with one attached hydrogen (secondary N) is 2. The Morgan fingerprint density at radius 1 is 1.32 bits per heavy atom. The standard InChI is InChI=1S/C20H30N6O.HI/c1-4-18-24-19-11-10-16(13-26(19)25-18)23-20(21-5-2)22-12-17(27)15-8-6-14(3)7-9-15;/h6-9,16-17,27H,4-5,10-13H2,1-3H3,(H2,21,22,23);1H. The van der Waals surface area contributed by atoms with Gasteiger partial charge in [-0.1, -0.05) is 36.8 Å². The molecule has 0 spiro atoms. The Balaban J connectivity index is 0.00000280. The Morgan fingerprint density at radius 2 is 2.07 bits per heavy atom. The van der Waals surface area contributed by atoms with E-state index in [1.807, 2.05) is 42.8 Å². The molecule has 2 atom stereocenters. The molecule has 0 fully saturated rings. The van der Waals surface area contributed by atoms with Gasteiger partial charge in [0.05, 0.1) is 19.2 Å². The van der Waals surface area contributed by atoms with Gasteiger partial charge in [-0.2, -0.15) is 5.10 Å². The number of aliphatic imine (C=N–C) groups is 1. The Hall–Kier alpha value is -1.68. The number of aliphatic hydroxyl groups excluding tert-OH is 1. The maximum absolute atomic E-state index is 10.4. The van der Waals surface area contributed by atoms with Gasteiger partial charge in [0.15, 0.2) is 11.8 Å². The maximum Gasteiger partial charge on any atom is 0.191 e. The fourth-order valence-corrected chi connectivity index (χ4v) is 3.21. The van der Waals surface area contributed by atoms with Crippen molar-refractivity contribution in [3.63, 3.8) is 0 Å². The summed E-state index contributed by atoms with van der Waals surface area (Å²) < 4.78 is 2.00. The van der Waals surface area contributed by atoms with E-state index in [9.17, 15) is 5.11 Å². The van der Waals surface area contributed by atoms with Crippen LogP contribution >= 0.6 is 24.0 Å². The summed E-state index contributed by atoms with van der Waals surface area (Å²) in [5.41, 5.74) is 2.07. The van der Waals surface area contributed by atoms with E-state index < -0.39 is 6.10 Å². The fourth-order valence-electron chi connectivity index (χ4n) is 3.21.